The molecule has 0 aromatic heterocycles. The van der Waals surface area contributed by atoms with Gasteiger partial charge in [0.05, 0.1) is 0 Å². The average molecular weight is 320 g/mol. The summed E-state index contributed by atoms with van der Waals surface area (Å²) in [5, 5.41) is 0. The first kappa shape index (κ1) is 11.6. The van der Waals surface area contributed by atoms with Gasteiger partial charge in [-0.15, -0.1) is 0 Å². The topological polar surface area (TPSA) is 34.1 Å². The van der Waals surface area contributed by atoms with Crippen molar-refractivity contribution in [3.05, 3.63) is 35.4 Å². The molecule has 0 saturated heterocycles. The fraction of sp³-hybridized carbons (Fsp3) is 0.200. The second-order valence-electron chi connectivity index (χ2n) is 2.88. The van der Waals surface area contributed by atoms with E-state index in [1.54, 1.807) is 0 Å². The SMILES string of the molecule is O=C(Br)Cc1ccc(CC(=O)Br)cc1. The highest BCUT2D eigenvalue weighted by Crippen LogP contribution is 2.09. The van der Waals surface area contributed by atoms with Crippen molar-refractivity contribution in [1.29, 1.82) is 0 Å². The highest BCUT2D eigenvalue weighted by Gasteiger charge is 2.01. The van der Waals surface area contributed by atoms with Crippen LogP contribution in [0, 0.1) is 0 Å². The van der Waals surface area contributed by atoms with Crippen molar-refractivity contribution in [2.75, 3.05) is 0 Å². The Hall–Kier alpha value is -0.480. The molecule has 0 aliphatic heterocycles. The summed E-state index contributed by atoms with van der Waals surface area (Å²) in [6, 6.07) is 7.41. The van der Waals surface area contributed by atoms with Crippen molar-refractivity contribution in [2.24, 2.45) is 0 Å². The van der Waals surface area contributed by atoms with E-state index in [4.69, 9.17) is 0 Å². The average Bonchev–Trinajstić information content (AvgIpc) is 2.06. The van der Waals surface area contributed by atoms with E-state index in [2.05, 4.69) is 31.9 Å². The standard InChI is InChI=1S/C10H8Br2O2/c11-9(13)5-7-1-2-8(4-3-7)6-10(12)14/h1-4H,5-6H2. The highest BCUT2D eigenvalue weighted by molar-refractivity contribution is 9.18. The molecule has 0 N–H and O–H groups in total. The maximum absolute atomic E-state index is 10.7. The molecule has 0 atom stereocenters. The van der Waals surface area contributed by atoms with E-state index in [1.807, 2.05) is 24.3 Å². The molecule has 2 nitrogen and oxygen atoms in total. The van der Waals surface area contributed by atoms with Gasteiger partial charge in [0.15, 0.2) is 0 Å². The summed E-state index contributed by atoms with van der Waals surface area (Å²) in [5.41, 5.74) is 1.88. The van der Waals surface area contributed by atoms with Crippen molar-refractivity contribution in [1.82, 2.24) is 0 Å². The summed E-state index contributed by atoms with van der Waals surface area (Å²) >= 11 is 5.74. The minimum Gasteiger partial charge on any atom is -0.286 e. The van der Waals surface area contributed by atoms with Crippen LogP contribution in [0.2, 0.25) is 0 Å². The van der Waals surface area contributed by atoms with Gasteiger partial charge in [0.25, 0.3) is 0 Å². The van der Waals surface area contributed by atoms with Gasteiger partial charge >= 0.3 is 0 Å². The molecule has 0 radical (unpaired) electrons. The van der Waals surface area contributed by atoms with Crippen molar-refractivity contribution in [3.63, 3.8) is 0 Å². The number of benzene rings is 1. The number of hydrogen-bond acceptors (Lipinski definition) is 2. The van der Waals surface area contributed by atoms with Crippen molar-refractivity contribution in [2.45, 2.75) is 12.8 Å². The third kappa shape index (κ3) is 4.15. The highest BCUT2D eigenvalue weighted by atomic mass is 79.9. The summed E-state index contributed by atoms with van der Waals surface area (Å²) in [6.07, 6.45) is 0.755. The molecule has 0 aliphatic rings. The van der Waals surface area contributed by atoms with Crippen LogP contribution in [0.5, 0.6) is 0 Å². The van der Waals surface area contributed by atoms with Crippen LogP contribution in [0.1, 0.15) is 11.1 Å². The van der Waals surface area contributed by atoms with Crippen LogP contribution < -0.4 is 0 Å². The Bertz CT molecular complexity index is 309. The summed E-state index contributed by atoms with van der Waals surface area (Å²) in [7, 11) is 0. The van der Waals surface area contributed by atoms with Gasteiger partial charge in [-0.1, -0.05) is 24.3 Å². The largest absolute Gasteiger partial charge is 0.286 e. The van der Waals surface area contributed by atoms with Crippen LogP contribution in [0.3, 0.4) is 0 Å². The molecule has 1 aromatic carbocycles. The summed E-state index contributed by atoms with van der Waals surface area (Å²) in [6.45, 7) is 0. The van der Waals surface area contributed by atoms with E-state index in [1.165, 1.54) is 0 Å². The van der Waals surface area contributed by atoms with Crippen molar-refractivity contribution >= 4 is 41.2 Å². The molecule has 0 unspecified atom stereocenters. The zero-order valence-electron chi connectivity index (χ0n) is 7.30. The van der Waals surface area contributed by atoms with Gasteiger partial charge in [0.1, 0.15) is 0 Å². The maximum Gasteiger partial charge on any atom is 0.202 e. The summed E-state index contributed by atoms with van der Waals surface area (Å²) < 4.78 is -0.0800. The normalized spacial score (nSPS) is 9.86. The molecule has 0 heterocycles. The van der Waals surface area contributed by atoms with Gasteiger partial charge in [-0.2, -0.15) is 0 Å². The molecule has 0 spiro atoms. The van der Waals surface area contributed by atoms with E-state index in [0.717, 1.165) is 11.1 Å². The van der Waals surface area contributed by atoms with Gasteiger partial charge in [-0.05, 0) is 43.0 Å². The predicted octanol–water partition coefficient (Wildman–Crippen LogP) is 2.61. The monoisotopic (exact) mass is 318 g/mol. The number of rotatable bonds is 4. The molecule has 14 heavy (non-hydrogen) atoms. The number of halogens is 2. The fourth-order valence-electron chi connectivity index (χ4n) is 1.10. The van der Waals surface area contributed by atoms with E-state index < -0.39 is 0 Å². The molecule has 4 heteroatoms. The molecule has 0 fully saturated rings. The third-order valence-electron chi connectivity index (χ3n) is 1.71. The molecular weight excluding hydrogens is 312 g/mol. The minimum atomic E-state index is -0.0400. The van der Waals surface area contributed by atoms with Crippen LogP contribution in [-0.2, 0) is 22.4 Å². The lowest BCUT2D eigenvalue weighted by molar-refractivity contribution is -0.110. The third-order valence-corrected chi connectivity index (χ3v) is 2.27. The van der Waals surface area contributed by atoms with Gasteiger partial charge in [-0.25, -0.2) is 0 Å². The van der Waals surface area contributed by atoms with Crippen molar-refractivity contribution < 1.29 is 9.59 Å². The molecule has 1 rings (SSSR count). The zero-order chi connectivity index (χ0) is 10.6. The Morgan fingerprint density at radius 2 is 1.14 bits per heavy atom. The van der Waals surface area contributed by atoms with Gasteiger partial charge < -0.3 is 0 Å². The zero-order valence-corrected chi connectivity index (χ0v) is 10.5. The van der Waals surface area contributed by atoms with Crippen LogP contribution >= 0.6 is 31.9 Å². The number of hydrogen-bond donors (Lipinski definition) is 0. The van der Waals surface area contributed by atoms with Gasteiger partial charge in [0.2, 0.25) is 9.39 Å². The van der Waals surface area contributed by atoms with Crippen LogP contribution in [-0.4, -0.2) is 9.39 Å². The lowest BCUT2D eigenvalue weighted by atomic mass is 10.1. The first-order chi connectivity index (χ1) is 6.58. The van der Waals surface area contributed by atoms with Crippen LogP contribution in [0.4, 0.5) is 0 Å². The summed E-state index contributed by atoms with van der Waals surface area (Å²) in [4.78, 5) is 21.5. The second kappa shape index (κ2) is 5.41. The lowest BCUT2D eigenvalue weighted by Gasteiger charge is -1.99. The van der Waals surface area contributed by atoms with Gasteiger partial charge in [0, 0.05) is 12.8 Å². The Morgan fingerprint density at radius 1 is 0.857 bits per heavy atom. The molecule has 0 aliphatic carbocycles. The molecule has 74 valence electrons. The maximum atomic E-state index is 10.7. The van der Waals surface area contributed by atoms with E-state index >= 15 is 0 Å². The fourth-order valence-corrected chi connectivity index (χ4v) is 1.74. The second-order valence-corrected chi connectivity index (χ2v) is 4.65. The molecular formula is C10H8Br2O2. The van der Waals surface area contributed by atoms with Crippen LogP contribution in [0.25, 0.3) is 0 Å². The minimum absolute atomic E-state index is 0.0400. The molecule has 0 saturated carbocycles. The van der Waals surface area contributed by atoms with E-state index in [9.17, 15) is 9.59 Å². The van der Waals surface area contributed by atoms with Gasteiger partial charge in [-0.3, -0.25) is 9.59 Å². The Morgan fingerprint density at radius 3 is 1.36 bits per heavy atom. The Labute approximate surface area is 98.9 Å². The van der Waals surface area contributed by atoms with E-state index in [-0.39, 0.29) is 9.39 Å². The van der Waals surface area contributed by atoms with Crippen LogP contribution in [0.15, 0.2) is 24.3 Å². The first-order valence-electron chi connectivity index (χ1n) is 4.02. The first-order valence-corrected chi connectivity index (χ1v) is 5.61. The number of carbonyl (C=O) groups is 2. The Balaban J connectivity index is 2.68. The quantitative estimate of drug-likeness (QED) is 0.799. The summed E-state index contributed by atoms with van der Waals surface area (Å²) in [5.74, 6) is 0. The molecule has 0 bridgehead atoms. The lowest BCUT2D eigenvalue weighted by Crippen LogP contribution is -1.95. The van der Waals surface area contributed by atoms with Crippen molar-refractivity contribution in [3.8, 4) is 0 Å². The number of carbonyl (C=O) groups excluding carboxylic acids is 2. The smallest absolute Gasteiger partial charge is 0.202 e. The molecule has 0 amide bonds. The van der Waals surface area contributed by atoms with E-state index in [0.29, 0.717) is 12.8 Å². The predicted molar refractivity (Wildman–Crippen MR) is 61.7 cm³/mol. The Kier molecular flexibility index (Phi) is 4.48. The molecule has 1 aromatic rings.